The third kappa shape index (κ3) is 22.5. The van der Waals surface area contributed by atoms with E-state index in [1.165, 1.54) is 95.6 Å². The number of hydrogen-bond donors (Lipinski definition) is 1. The summed E-state index contributed by atoms with van der Waals surface area (Å²) in [6.07, 6.45) is 20.0. The highest BCUT2D eigenvalue weighted by Gasteiger charge is 1.98. The molecule has 4 heteroatoms. The van der Waals surface area contributed by atoms with Gasteiger partial charge in [-0.15, -0.1) is 24.0 Å². The summed E-state index contributed by atoms with van der Waals surface area (Å²) in [5.74, 6) is 1.21. The van der Waals surface area contributed by atoms with Crippen molar-refractivity contribution in [2.24, 2.45) is 4.99 Å². The summed E-state index contributed by atoms with van der Waals surface area (Å²) in [6, 6.07) is 0. The van der Waals surface area contributed by atoms with Gasteiger partial charge in [-0.25, -0.2) is 0 Å². The fourth-order valence-electron chi connectivity index (χ4n) is 2.91. The molecule has 0 saturated carbocycles. The van der Waals surface area contributed by atoms with E-state index in [4.69, 9.17) is 0 Å². The van der Waals surface area contributed by atoms with Crippen molar-refractivity contribution in [3.05, 3.63) is 0 Å². The average molecular weight is 485 g/mol. The number of hydrogen-bond acceptors (Lipinski definition) is 2. The van der Waals surface area contributed by atoms with Crippen molar-refractivity contribution in [2.45, 2.75) is 111 Å². The largest absolute Gasteiger partial charge is 0.365 e. The quantitative estimate of drug-likeness (QED) is 0.0986. The first-order valence-electron chi connectivity index (χ1n) is 10.8. The summed E-state index contributed by atoms with van der Waals surface area (Å²) in [4.78, 5) is 4.49. The van der Waals surface area contributed by atoms with E-state index < -0.39 is 0 Å². The number of amidine groups is 1. The number of nitrogens with one attached hydrogen (secondary N) is 1. The predicted octanol–water partition coefficient (Wildman–Crippen LogP) is 7.80. The Hall–Kier alpha value is 0.550. The first kappa shape index (κ1) is 27.8. The second-order valence-electron chi connectivity index (χ2n) is 6.75. The van der Waals surface area contributed by atoms with Crippen LogP contribution in [0.2, 0.25) is 0 Å². The molecule has 0 rings (SSSR count). The Kier molecular flexibility index (Phi) is 27.3. The van der Waals surface area contributed by atoms with Gasteiger partial charge in [0, 0.05) is 18.8 Å². The van der Waals surface area contributed by atoms with Gasteiger partial charge in [-0.3, -0.25) is 4.99 Å². The van der Waals surface area contributed by atoms with Crippen LogP contribution in [-0.4, -0.2) is 24.0 Å². The van der Waals surface area contributed by atoms with Crippen molar-refractivity contribution in [3.63, 3.8) is 0 Å². The molecule has 0 aliphatic carbocycles. The molecule has 0 amide bonds. The van der Waals surface area contributed by atoms with Gasteiger partial charge in [0.1, 0.15) is 0 Å². The second-order valence-corrected chi connectivity index (χ2v) is 7.84. The summed E-state index contributed by atoms with van der Waals surface area (Å²) in [5.41, 5.74) is 0. The summed E-state index contributed by atoms with van der Waals surface area (Å²) in [6.45, 7) is 8.39. The molecule has 0 aromatic carbocycles. The Labute approximate surface area is 180 Å². The highest BCUT2D eigenvalue weighted by atomic mass is 127. The lowest BCUT2D eigenvalue weighted by Gasteiger charge is -2.07. The second kappa shape index (κ2) is 24.6. The Morgan fingerprint density at radius 3 is 1.52 bits per heavy atom. The molecule has 0 aromatic rings. The van der Waals surface area contributed by atoms with Gasteiger partial charge in [-0.2, -0.15) is 0 Å². The van der Waals surface area contributed by atoms with E-state index in [1.54, 1.807) is 0 Å². The first-order valence-corrected chi connectivity index (χ1v) is 11.7. The molecule has 0 aromatic heterocycles. The Morgan fingerprint density at radius 1 is 0.680 bits per heavy atom. The third-order valence-corrected chi connectivity index (χ3v) is 5.41. The maximum atomic E-state index is 4.49. The van der Waals surface area contributed by atoms with Gasteiger partial charge < -0.3 is 5.32 Å². The topological polar surface area (TPSA) is 24.4 Å². The summed E-state index contributed by atoms with van der Waals surface area (Å²) < 4.78 is 0. The molecular formula is C21H45IN2S. The molecule has 1 N–H and O–H groups in total. The highest BCUT2D eigenvalue weighted by molar-refractivity contribution is 14.0. The van der Waals surface area contributed by atoms with Crippen LogP contribution in [0.3, 0.4) is 0 Å². The standard InChI is InChI=1S/C21H44N2S.HI/c1-4-7-8-9-10-11-12-13-14-15-16-17-18-19-20-24-21(22-5-2)23-6-3;/h4-20H2,1-3H3,(H,22,23);1H. The van der Waals surface area contributed by atoms with Gasteiger partial charge in [-0.1, -0.05) is 102 Å². The Bertz CT molecular complexity index is 273. The number of rotatable bonds is 17. The molecule has 25 heavy (non-hydrogen) atoms. The lowest BCUT2D eigenvalue weighted by Crippen LogP contribution is -2.20. The molecule has 0 heterocycles. The zero-order valence-corrected chi connectivity index (χ0v) is 20.4. The van der Waals surface area contributed by atoms with Gasteiger partial charge in [0.05, 0.1) is 0 Å². The van der Waals surface area contributed by atoms with E-state index in [0.29, 0.717) is 0 Å². The van der Waals surface area contributed by atoms with Crippen LogP contribution < -0.4 is 5.32 Å². The number of nitrogens with zero attached hydrogens (tertiary/aromatic N) is 1. The van der Waals surface area contributed by atoms with Crippen LogP contribution in [0.4, 0.5) is 0 Å². The van der Waals surface area contributed by atoms with Crippen LogP contribution in [0.15, 0.2) is 4.99 Å². The Morgan fingerprint density at radius 2 is 1.12 bits per heavy atom. The molecule has 0 aliphatic rings. The van der Waals surface area contributed by atoms with Crippen LogP contribution >= 0.6 is 35.7 Å². The predicted molar refractivity (Wildman–Crippen MR) is 130 cm³/mol. The zero-order valence-electron chi connectivity index (χ0n) is 17.3. The number of halogens is 1. The third-order valence-electron chi connectivity index (χ3n) is 4.37. The van der Waals surface area contributed by atoms with Crippen LogP contribution in [0, 0.1) is 0 Å². The van der Waals surface area contributed by atoms with Gasteiger partial charge in [0.25, 0.3) is 0 Å². The fraction of sp³-hybridized carbons (Fsp3) is 0.952. The van der Waals surface area contributed by atoms with E-state index in [9.17, 15) is 0 Å². The van der Waals surface area contributed by atoms with Crippen molar-refractivity contribution < 1.29 is 0 Å². The molecule has 0 spiro atoms. The van der Waals surface area contributed by atoms with E-state index in [-0.39, 0.29) is 24.0 Å². The van der Waals surface area contributed by atoms with Gasteiger partial charge in [-0.05, 0) is 20.3 Å². The summed E-state index contributed by atoms with van der Waals surface area (Å²) >= 11 is 1.89. The molecule has 0 saturated heterocycles. The number of aliphatic imine (C=N–C) groups is 1. The minimum atomic E-state index is 0. The SMILES string of the molecule is CCCCCCCCCCCCCCCCSC(=NCC)NCC.I. The smallest absolute Gasteiger partial charge is 0.156 e. The number of unbranched alkanes of at least 4 members (excludes halogenated alkanes) is 13. The van der Waals surface area contributed by atoms with E-state index in [2.05, 4.69) is 31.1 Å². The van der Waals surface area contributed by atoms with Gasteiger partial charge in [0.2, 0.25) is 0 Å². The molecule has 152 valence electrons. The van der Waals surface area contributed by atoms with E-state index >= 15 is 0 Å². The Balaban J connectivity index is 0. The number of thioether (sulfide) groups is 1. The lowest BCUT2D eigenvalue weighted by molar-refractivity contribution is 0.538. The summed E-state index contributed by atoms with van der Waals surface area (Å²) in [7, 11) is 0. The maximum Gasteiger partial charge on any atom is 0.156 e. The van der Waals surface area contributed by atoms with Crippen molar-refractivity contribution >= 4 is 40.9 Å². The van der Waals surface area contributed by atoms with Crippen LogP contribution in [0.5, 0.6) is 0 Å². The minimum absolute atomic E-state index is 0. The fourth-order valence-corrected chi connectivity index (χ4v) is 3.92. The first-order chi connectivity index (χ1) is 11.8. The molecule has 0 bridgehead atoms. The monoisotopic (exact) mass is 484 g/mol. The van der Waals surface area contributed by atoms with Crippen molar-refractivity contribution in [1.29, 1.82) is 0 Å². The van der Waals surface area contributed by atoms with Crippen LogP contribution in [0.1, 0.15) is 111 Å². The average Bonchev–Trinajstić information content (AvgIpc) is 2.58. The van der Waals surface area contributed by atoms with Crippen molar-refractivity contribution in [2.75, 3.05) is 18.8 Å². The van der Waals surface area contributed by atoms with E-state index in [1.807, 2.05) is 11.8 Å². The van der Waals surface area contributed by atoms with E-state index in [0.717, 1.165) is 18.3 Å². The van der Waals surface area contributed by atoms with Crippen molar-refractivity contribution in [1.82, 2.24) is 5.32 Å². The molecule has 0 atom stereocenters. The minimum Gasteiger partial charge on any atom is -0.365 e. The lowest BCUT2D eigenvalue weighted by atomic mass is 10.0. The molecule has 0 radical (unpaired) electrons. The van der Waals surface area contributed by atoms with Gasteiger partial charge in [0.15, 0.2) is 5.17 Å². The molecular weight excluding hydrogens is 439 g/mol. The maximum absolute atomic E-state index is 4.49. The zero-order chi connectivity index (χ0) is 17.7. The van der Waals surface area contributed by atoms with Crippen molar-refractivity contribution in [3.8, 4) is 0 Å². The van der Waals surface area contributed by atoms with Gasteiger partial charge >= 0.3 is 0 Å². The van der Waals surface area contributed by atoms with Crippen LogP contribution in [0.25, 0.3) is 0 Å². The highest BCUT2D eigenvalue weighted by Crippen LogP contribution is 2.14. The summed E-state index contributed by atoms with van der Waals surface area (Å²) in [5, 5.41) is 4.48. The molecule has 2 nitrogen and oxygen atoms in total. The van der Waals surface area contributed by atoms with Crippen LogP contribution in [-0.2, 0) is 0 Å². The normalized spacial score (nSPS) is 11.4. The molecule has 0 unspecified atom stereocenters. The molecule has 0 fully saturated rings. The molecule has 0 aliphatic heterocycles.